The quantitative estimate of drug-likeness (QED) is 0.175. The Balaban J connectivity index is 0.00000160. The smallest absolute Gasteiger partial charge is 0.358 e. The van der Waals surface area contributed by atoms with Crippen LogP contribution < -0.4 is 0 Å². The molecule has 37 heavy (non-hydrogen) atoms. The first-order valence-corrected chi connectivity index (χ1v) is 12.2. The number of nitrogens with zero attached hydrogens (tertiary/aromatic N) is 4. The summed E-state index contributed by atoms with van der Waals surface area (Å²) >= 11 is 0. The first kappa shape index (κ1) is 31.9. The third kappa shape index (κ3) is 5.97. The van der Waals surface area contributed by atoms with E-state index in [1.165, 1.54) is 27.6 Å². The molecule has 0 atom stereocenters. The van der Waals surface area contributed by atoms with Crippen molar-refractivity contribution in [1.82, 2.24) is 18.9 Å². The molecule has 3 heterocycles. The molecule has 1 radical (unpaired) electrons. The first-order valence-electron chi connectivity index (χ1n) is 12.2. The average Bonchev–Trinajstić information content (AvgIpc) is 3.28. The fourth-order valence-corrected chi connectivity index (χ4v) is 5.12. The van der Waals surface area contributed by atoms with Crippen molar-refractivity contribution in [3.63, 3.8) is 0 Å². The molecule has 0 unspecified atom stereocenters. The van der Waals surface area contributed by atoms with Crippen molar-refractivity contribution >= 4 is 27.6 Å². The van der Waals surface area contributed by atoms with Gasteiger partial charge in [-0.05, 0) is 35.8 Å². The van der Waals surface area contributed by atoms with Gasteiger partial charge in [-0.2, -0.15) is 0 Å². The second kappa shape index (κ2) is 11.4. The fourth-order valence-electron chi connectivity index (χ4n) is 5.12. The summed E-state index contributed by atoms with van der Waals surface area (Å²) in [5.41, 5.74) is 8.15. The van der Waals surface area contributed by atoms with Gasteiger partial charge in [0.1, 0.15) is 11.5 Å². The standard InChI is InChI=1S/C30H35N4.CH3.Pt.Y/c1-19-12-11-13-20(2)25(19)23-17-31-27-22-15-10-9-14-21(22)26-28(34(23)27)32-24(16-29(3,4)5)33(26)18-30(6,7)8;;;/h9-14,17H,16,18H2,1-8H3;1H3;;/q2*-1;+2;. The molecule has 0 bridgehead atoms. The average molecular weight is 751 g/mol. The van der Waals surface area contributed by atoms with E-state index in [-0.39, 0.29) is 72.0 Å². The van der Waals surface area contributed by atoms with Gasteiger partial charge in [0.15, 0.2) is 0 Å². The molecule has 3 aromatic heterocycles. The maximum atomic E-state index is 5.35. The van der Waals surface area contributed by atoms with Crippen LogP contribution in [0.25, 0.3) is 38.8 Å². The summed E-state index contributed by atoms with van der Waals surface area (Å²) in [6, 6.07) is 16.2. The zero-order chi connectivity index (χ0) is 24.4. The van der Waals surface area contributed by atoms with Gasteiger partial charge in [0.2, 0.25) is 0 Å². The topological polar surface area (TPSA) is 35.1 Å². The monoisotopic (exact) mass is 750 g/mol. The summed E-state index contributed by atoms with van der Waals surface area (Å²) in [5, 5.41) is 2.21. The van der Waals surface area contributed by atoms with Crippen molar-refractivity contribution in [2.45, 2.75) is 68.4 Å². The molecule has 0 aliphatic rings. The van der Waals surface area contributed by atoms with Crippen molar-refractivity contribution in [1.29, 1.82) is 0 Å². The Morgan fingerprint density at radius 3 is 2.14 bits per heavy atom. The maximum Gasteiger partial charge on any atom is 2.00 e. The van der Waals surface area contributed by atoms with Crippen molar-refractivity contribution in [3.05, 3.63) is 73.0 Å². The molecule has 195 valence electrons. The molecule has 0 aliphatic carbocycles. The van der Waals surface area contributed by atoms with E-state index in [0.29, 0.717) is 0 Å². The molecule has 0 N–H and O–H groups in total. The van der Waals surface area contributed by atoms with Gasteiger partial charge >= 0.3 is 21.1 Å². The largest absolute Gasteiger partial charge is 2.00 e. The van der Waals surface area contributed by atoms with Crippen LogP contribution in [-0.2, 0) is 66.7 Å². The Labute approximate surface area is 261 Å². The first-order chi connectivity index (χ1) is 15.9. The Morgan fingerprint density at radius 1 is 0.892 bits per heavy atom. The van der Waals surface area contributed by atoms with Crippen LogP contribution in [0.3, 0.4) is 0 Å². The minimum atomic E-state index is 0. The Kier molecular flexibility index (Phi) is 9.83. The molecule has 0 spiro atoms. The number of hydrogen-bond donors (Lipinski definition) is 0. The van der Waals surface area contributed by atoms with Crippen molar-refractivity contribution in [3.8, 4) is 11.3 Å². The van der Waals surface area contributed by atoms with E-state index in [0.717, 1.165) is 41.2 Å². The van der Waals surface area contributed by atoms with E-state index in [4.69, 9.17) is 9.97 Å². The molecule has 5 rings (SSSR count). The van der Waals surface area contributed by atoms with E-state index in [9.17, 15) is 0 Å². The number of hydrogen-bond acceptors (Lipinski definition) is 2. The zero-order valence-corrected chi connectivity index (χ0v) is 28.7. The summed E-state index contributed by atoms with van der Waals surface area (Å²) in [4.78, 5) is 10.3. The summed E-state index contributed by atoms with van der Waals surface area (Å²) in [5.74, 6) is 1.14. The molecule has 0 saturated heterocycles. The van der Waals surface area contributed by atoms with Crippen molar-refractivity contribution in [2.24, 2.45) is 10.8 Å². The zero-order valence-electron chi connectivity index (χ0n) is 23.6. The van der Waals surface area contributed by atoms with Crippen molar-refractivity contribution < 1.29 is 53.8 Å². The van der Waals surface area contributed by atoms with Gasteiger partial charge in [-0.1, -0.05) is 70.5 Å². The molecule has 0 fully saturated rings. The van der Waals surface area contributed by atoms with Gasteiger partial charge in [0.25, 0.3) is 0 Å². The summed E-state index contributed by atoms with van der Waals surface area (Å²) < 4.78 is 4.74. The van der Waals surface area contributed by atoms with Crippen LogP contribution >= 0.6 is 0 Å². The molecule has 0 amide bonds. The normalized spacial score (nSPS) is 11.9. The van der Waals surface area contributed by atoms with Crippen LogP contribution in [-0.4, -0.2) is 18.9 Å². The Bertz CT molecular complexity index is 1530. The number of aromatic nitrogens is 4. The van der Waals surface area contributed by atoms with Crippen LogP contribution in [0.4, 0.5) is 0 Å². The number of aryl methyl sites for hydroxylation is 2. The Morgan fingerprint density at radius 2 is 1.54 bits per heavy atom. The fraction of sp³-hybridized carbons (Fsp3) is 0.387. The second-order valence-electron chi connectivity index (χ2n) is 12.1. The van der Waals surface area contributed by atoms with E-state index in [2.05, 4.69) is 101 Å². The van der Waals surface area contributed by atoms with Crippen LogP contribution in [0.2, 0.25) is 0 Å². The maximum absolute atomic E-state index is 5.35. The van der Waals surface area contributed by atoms with E-state index in [1.54, 1.807) is 0 Å². The SMILES string of the molecule is Cc1cccc(C)c1-c1cnc2c3[c-]cccc3c3c(nc(CC(C)(C)C)n3CC(C)(C)C)n12.[CH3-].[Pt+2].[Y]. The number of rotatable bonds is 3. The van der Waals surface area contributed by atoms with Gasteiger partial charge in [0.05, 0.1) is 11.3 Å². The minimum absolute atomic E-state index is 0. The third-order valence-corrected chi connectivity index (χ3v) is 6.39. The van der Waals surface area contributed by atoms with Gasteiger partial charge < -0.3 is 16.4 Å². The number of fused-ring (bicyclic) bond motifs is 6. The van der Waals surface area contributed by atoms with E-state index < -0.39 is 0 Å². The molecule has 4 nitrogen and oxygen atoms in total. The predicted molar refractivity (Wildman–Crippen MR) is 149 cm³/mol. The van der Waals surface area contributed by atoms with Gasteiger partial charge in [-0.3, -0.25) is 4.98 Å². The van der Waals surface area contributed by atoms with Crippen LogP contribution in [0.1, 0.15) is 58.5 Å². The van der Waals surface area contributed by atoms with E-state index in [1.807, 2.05) is 12.3 Å². The molecular weight excluding hydrogens is 712 g/mol. The number of benzene rings is 2. The van der Waals surface area contributed by atoms with Gasteiger partial charge in [-0.15, -0.1) is 24.3 Å². The molecular formula is C31H38N4PtY. The second-order valence-corrected chi connectivity index (χ2v) is 12.1. The van der Waals surface area contributed by atoms with Crippen LogP contribution in [0.5, 0.6) is 0 Å². The minimum Gasteiger partial charge on any atom is -0.358 e. The van der Waals surface area contributed by atoms with Crippen molar-refractivity contribution in [2.75, 3.05) is 0 Å². The summed E-state index contributed by atoms with van der Waals surface area (Å²) in [7, 11) is 0. The predicted octanol–water partition coefficient (Wildman–Crippen LogP) is 8.00. The summed E-state index contributed by atoms with van der Waals surface area (Å²) in [6.45, 7) is 19.0. The Hall–Kier alpha value is -1.35. The van der Waals surface area contributed by atoms with Crippen LogP contribution in [0.15, 0.2) is 42.6 Å². The molecule has 2 aromatic carbocycles. The third-order valence-electron chi connectivity index (χ3n) is 6.39. The molecule has 5 aromatic rings. The van der Waals surface area contributed by atoms with E-state index >= 15 is 0 Å². The van der Waals surface area contributed by atoms with Crippen LogP contribution in [0, 0.1) is 38.2 Å². The van der Waals surface area contributed by atoms with Gasteiger partial charge in [-0.25, -0.2) is 4.98 Å². The van der Waals surface area contributed by atoms with Gasteiger partial charge in [0, 0.05) is 63.0 Å². The molecule has 0 saturated carbocycles. The molecule has 6 heteroatoms. The summed E-state index contributed by atoms with van der Waals surface area (Å²) in [6.07, 6.45) is 2.92. The number of pyridine rings is 1. The molecule has 0 aliphatic heterocycles. The number of imidazole rings is 2.